The maximum atomic E-state index is 10.5. The Balaban J connectivity index is 0.00000193. The van der Waals surface area contributed by atoms with Gasteiger partial charge in [-0.2, -0.15) is 0 Å². The first-order chi connectivity index (χ1) is 15.1. The number of para-hydroxylation sites is 2. The van der Waals surface area contributed by atoms with E-state index >= 15 is 0 Å². The highest BCUT2D eigenvalue weighted by Crippen LogP contribution is 2.28. The first-order valence-electron chi connectivity index (χ1n) is 10.4. The third-order valence-electron chi connectivity index (χ3n) is 5.32. The second kappa shape index (κ2) is 12.6. The van der Waals surface area contributed by atoms with Crippen LogP contribution in [0, 0.1) is 6.92 Å². The zero-order valence-electron chi connectivity index (χ0n) is 18.7. The lowest BCUT2D eigenvalue weighted by molar-refractivity contribution is 0.0663. The molecule has 1 atom stereocenters. The van der Waals surface area contributed by atoms with Crippen LogP contribution in [0.3, 0.4) is 0 Å². The number of aryl methyl sites for hydroxylation is 1. The van der Waals surface area contributed by atoms with Crippen LogP contribution in [0.15, 0.2) is 52.9 Å². The molecule has 4 rings (SSSR count). The van der Waals surface area contributed by atoms with Gasteiger partial charge in [-0.1, -0.05) is 18.2 Å². The van der Waals surface area contributed by atoms with E-state index in [0.717, 1.165) is 43.2 Å². The Labute approximate surface area is 206 Å². The summed E-state index contributed by atoms with van der Waals surface area (Å²) < 4.78 is 16.7. The monoisotopic (exact) mass is 496 g/mol. The van der Waals surface area contributed by atoms with E-state index in [4.69, 9.17) is 13.9 Å². The van der Waals surface area contributed by atoms with Crippen molar-refractivity contribution in [2.75, 3.05) is 51.3 Å². The first kappa shape index (κ1) is 26.7. The molecular weight excluding hydrogens is 467 g/mol. The molecule has 1 saturated heterocycles. The third kappa shape index (κ3) is 6.98. The van der Waals surface area contributed by atoms with Crippen molar-refractivity contribution in [3.63, 3.8) is 0 Å². The van der Waals surface area contributed by atoms with E-state index < -0.39 is 6.10 Å². The van der Waals surface area contributed by atoms with Gasteiger partial charge in [0.25, 0.3) is 0 Å². The molecule has 1 N–H and O–H groups in total. The van der Waals surface area contributed by atoms with Gasteiger partial charge in [0, 0.05) is 45.2 Å². The largest absolute Gasteiger partial charge is 0.495 e. The maximum Gasteiger partial charge on any atom is 0.247 e. The number of methoxy groups -OCH3 is 1. The minimum atomic E-state index is -0.577. The zero-order valence-corrected chi connectivity index (χ0v) is 20.3. The van der Waals surface area contributed by atoms with Crippen LogP contribution in [0.5, 0.6) is 11.5 Å². The summed E-state index contributed by atoms with van der Waals surface area (Å²) in [7, 11) is 1.70. The van der Waals surface area contributed by atoms with E-state index in [1.54, 1.807) is 14.0 Å². The van der Waals surface area contributed by atoms with Crippen LogP contribution in [-0.2, 0) is 0 Å². The predicted octanol–water partition coefficient (Wildman–Crippen LogP) is 3.46. The number of aliphatic hydroxyl groups is 1. The van der Waals surface area contributed by atoms with Gasteiger partial charge in [-0.3, -0.25) is 4.90 Å². The van der Waals surface area contributed by atoms with Gasteiger partial charge >= 0.3 is 0 Å². The lowest BCUT2D eigenvalue weighted by atomic mass is 10.2. The second-order valence-electron chi connectivity index (χ2n) is 7.58. The van der Waals surface area contributed by atoms with Crippen molar-refractivity contribution in [3.8, 4) is 23.0 Å². The Bertz CT molecular complexity index is 996. The predicted molar refractivity (Wildman–Crippen MR) is 132 cm³/mol. The van der Waals surface area contributed by atoms with Gasteiger partial charge in [0.2, 0.25) is 11.8 Å². The normalized spacial score (nSPS) is 14.7. The number of anilines is 1. The highest BCUT2D eigenvalue weighted by Gasteiger charge is 2.21. The van der Waals surface area contributed by atoms with Gasteiger partial charge in [-0.25, -0.2) is 0 Å². The topological polar surface area (TPSA) is 84.1 Å². The number of ether oxygens (including phenoxy) is 2. The molecule has 33 heavy (non-hydrogen) atoms. The van der Waals surface area contributed by atoms with Gasteiger partial charge in [0.15, 0.2) is 0 Å². The number of aromatic nitrogens is 2. The van der Waals surface area contributed by atoms with E-state index in [1.165, 1.54) is 0 Å². The molecule has 3 aromatic rings. The Hall–Kier alpha value is -2.52. The molecule has 1 aromatic heterocycles. The molecule has 1 aliphatic rings. The molecule has 0 aliphatic carbocycles. The lowest BCUT2D eigenvalue weighted by Crippen LogP contribution is -2.49. The van der Waals surface area contributed by atoms with Gasteiger partial charge in [-0.05, 0) is 30.3 Å². The summed E-state index contributed by atoms with van der Waals surface area (Å²) in [4.78, 5) is 4.58. The first-order valence-corrected chi connectivity index (χ1v) is 10.4. The van der Waals surface area contributed by atoms with Crippen molar-refractivity contribution in [1.82, 2.24) is 15.1 Å². The summed E-state index contributed by atoms with van der Waals surface area (Å²) in [5.41, 5.74) is 1.91. The molecule has 1 unspecified atom stereocenters. The minimum absolute atomic E-state index is 0. The summed E-state index contributed by atoms with van der Waals surface area (Å²) in [6.07, 6.45) is -0.577. The third-order valence-corrected chi connectivity index (χ3v) is 5.32. The number of β-amino-alcohol motifs (C(OH)–C–C–N with tert-alkyl or cyclic N) is 1. The fourth-order valence-electron chi connectivity index (χ4n) is 3.74. The Morgan fingerprint density at radius 3 is 2.48 bits per heavy atom. The van der Waals surface area contributed by atoms with Crippen molar-refractivity contribution < 1.29 is 19.0 Å². The molecule has 0 amide bonds. The smallest absolute Gasteiger partial charge is 0.247 e. The number of aliphatic hydroxyl groups excluding tert-OH is 1. The number of nitrogens with zero attached hydrogens (tertiary/aromatic N) is 4. The molecule has 8 nitrogen and oxygen atoms in total. The number of hydrogen-bond acceptors (Lipinski definition) is 8. The maximum absolute atomic E-state index is 10.5. The molecular formula is C23H30Cl2N4O4. The molecule has 2 heterocycles. The van der Waals surface area contributed by atoms with Crippen LogP contribution in [0.1, 0.15) is 5.89 Å². The van der Waals surface area contributed by atoms with Crippen LogP contribution in [0.25, 0.3) is 11.5 Å². The van der Waals surface area contributed by atoms with E-state index in [9.17, 15) is 5.11 Å². The van der Waals surface area contributed by atoms with E-state index in [1.807, 2.05) is 42.5 Å². The Morgan fingerprint density at radius 1 is 1.03 bits per heavy atom. The summed E-state index contributed by atoms with van der Waals surface area (Å²) in [6.45, 7) is 6.08. The second-order valence-corrected chi connectivity index (χ2v) is 7.58. The van der Waals surface area contributed by atoms with E-state index in [2.05, 4.69) is 26.1 Å². The van der Waals surface area contributed by atoms with E-state index in [0.29, 0.717) is 24.1 Å². The van der Waals surface area contributed by atoms with Crippen LogP contribution >= 0.6 is 24.8 Å². The Morgan fingerprint density at radius 2 is 1.79 bits per heavy atom. The van der Waals surface area contributed by atoms with Crippen molar-refractivity contribution in [1.29, 1.82) is 0 Å². The quantitative estimate of drug-likeness (QED) is 0.507. The SMILES string of the molecule is COc1ccccc1N1CCN(CC(O)COc2cccc(-c3nnc(C)o3)c2)CC1.Cl.Cl. The van der Waals surface area contributed by atoms with Crippen LogP contribution in [0.2, 0.25) is 0 Å². The average Bonchev–Trinajstić information content (AvgIpc) is 3.25. The summed E-state index contributed by atoms with van der Waals surface area (Å²) in [6, 6.07) is 15.5. The van der Waals surface area contributed by atoms with Crippen molar-refractivity contribution in [3.05, 3.63) is 54.4 Å². The number of piperazine rings is 1. The Kier molecular flexibility index (Phi) is 10.2. The lowest BCUT2D eigenvalue weighted by Gasteiger charge is -2.37. The molecule has 1 fully saturated rings. The summed E-state index contributed by atoms with van der Waals surface area (Å²) in [5.74, 6) is 2.52. The molecule has 180 valence electrons. The van der Waals surface area contributed by atoms with Crippen LogP contribution in [-0.4, -0.2) is 72.7 Å². The number of rotatable bonds is 8. The van der Waals surface area contributed by atoms with Crippen molar-refractivity contribution >= 4 is 30.5 Å². The summed E-state index contributed by atoms with van der Waals surface area (Å²) in [5, 5.41) is 18.4. The molecule has 0 saturated carbocycles. The molecule has 0 bridgehead atoms. The van der Waals surface area contributed by atoms with Crippen molar-refractivity contribution in [2.24, 2.45) is 0 Å². The van der Waals surface area contributed by atoms with Crippen molar-refractivity contribution in [2.45, 2.75) is 13.0 Å². The van der Waals surface area contributed by atoms with Gasteiger partial charge in [-0.15, -0.1) is 35.0 Å². The molecule has 2 aromatic carbocycles. The van der Waals surface area contributed by atoms with Gasteiger partial charge in [0.05, 0.1) is 12.8 Å². The average molecular weight is 497 g/mol. The standard InChI is InChI=1S/C23H28N4O4.2ClH/c1-17-24-25-23(31-17)18-6-5-7-20(14-18)30-16-19(28)15-26-10-12-27(13-11-26)21-8-3-4-9-22(21)29-2;;/h3-9,14,19,28H,10-13,15-16H2,1-2H3;2*1H. The highest BCUT2D eigenvalue weighted by molar-refractivity contribution is 5.85. The fraction of sp³-hybridized carbons (Fsp3) is 0.391. The summed E-state index contributed by atoms with van der Waals surface area (Å²) >= 11 is 0. The van der Waals surface area contributed by atoms with E-state index in [-0.39, 0.29) is 31.4 Å². The highest BCUT2D eigenvalue weighted by atomic mass is 35.5. The molecule has 1 aliphatic heterocycles. The van der Waals surface area contributed by atoms with Gasteiger partial charge in [0.1, 0.15) is 24.2 Å². The fourth-order valence-corrected chi connectivity index (χ4v) is 3.74. The molecule has 0 radical (unpaired) electrons. The minimum Gasteiger partial charge on any atom is -0.495 e. The number of hydrogen-bond donors (Lipinski definition) is 1. The van der Waals surface area contributed by atoms with Crippen LogP contribution < -0.4 is 14.4 Å². The zero-order chi connectivity index (χ0) is 21.6. The molecule has 0 spiro atoms. The number of halogens is 2. The molecule has 10 heteroatoms. The van der Waals surface area contributed by atoms with Gasteiger partial charge < -0.3 is 23.9 Å². The number of benzene rings is 2. The van der Waals surface area contributed by atoms with Crippen LogP contribution in [0.4, 0.5) is 5.69 Å².